The van der Waals surface area contributed by atoms with Gasteiger partial charge in [0.05, 0.1) is 37.4 Å². The third-order valence-corrected chi connectivity index (χ3v) is 3.43. The lowest BCUT2D eigenvalue weighted by Crippen LogP contribution is -2.28. The van der Waals surface area contributed by atoms with Crippen molar-refractivity contribution in [2.24, 2.45) is 0 Å². The van der Waals surface area contributed by atoms with E-state index >= 15 is 0 Å². The smallest absolute Gasteiger partial charge is 0.423 e. The van der Waals surface area contributed by atoms with Crippen LogP contribution in [0.15, 0.2) is 23.3 Å². The van der Waals surface area contributed by atoms with E-state index in [1.54, 1.807) is 6.07 Å². The summed E-state index contributed by atoms with van der Waals surface area (Å²) in [5.74, 6) is 0.528. The summed E-state index contributed by atoms with van der Waals surface area (Å²) in [5, 5.41) is 5.30. The van der Waals surface area contributed by atoms with Crippen molar-refractivity contribution < 1.29 is 17.9 Å². The van der Waals surface area contributed by atoms with Crippen molar-refractivity contribution in [3.63, 3.8) is 0 Å². The first-order valence-corrected chi connectivity index (χ1v) is 6.31. The van der Waals surface area contributed by atoms with Crippen molar-refractivity contribution in [3.05, 3.63) is 45.6 Å². The van der Waals surface area contributed by atoms with Gasteiger partial charge in [0.2, 0.25) is 0 Å². The maximum atomic E-state index is 13.1. The van der Waals surface area contributed by atoms with E-state index in [4.69, 9.17) is 4.74 Å². The zero-order valence-corrected chi connectivity index (χ0v) is 11.4. The van der Waals surface area contributed by atoms with Gasteiger partial charge in [0.1, 0.15) is 11.3 Å². The van der Waals surface area contributed by atoms with Gasteiger partial charge in [-0.25, -0.2) is 5.10 Å². The molecule has 0 unspecified atom stereocenters. The van der Waals surface area contributed by atoms with Crippen molar-refractivity contribution in [2.45, 2.75) is 19.3 Å². The molecule has 116 valence electrons. The van der Waals surface area contributed by atoms with Crippen molar-refractivity contribution in [3.8, 4) is 5.75 Å². The van der Waals surface area contributed by atoms with Gasteiger partial charge in [0, 0.05) is 6.54 Å². The third-order valence-electron chi connectivity index (χ3n) is 3.43. The summed E-state index contributed by atoms with van der Waals surface area (Å²) in [6.07, 6.45) is -2.25. The molecule has 0 aliphatic carbocycles. The predicted molar refractivity (Wildman–Crippen MR) is 70.5 cm³/mol. The minimum absolute atomic E-state index is 0.174. The number of H-pyrrole nitrogens is 1. The normalized spacial score (nSPS) is 14.1. The molecule has 0 bridgehead atoms. The summed E-state index contributed by atoms with van der Waals surface area (Å²) < 4.78 is 44.3. The van der Waals surface area contributed by atoms with E-state index < -0.39 is 17.3 Å². The number of ether oxygens (including phenoxy) is 1. The summed E-state index contributed by atoms with van der Waals surface area (Å²) in [6.45, 7) is 0.376. The first-order valence-electron chi connectivity index (χ1n) is 6.31. The van der Waals surface area contributed by atoms with E-state index in [-0.39, 0.29) is 18.8 Å². The number of hydrogen-bond donors (Lipinski definition) is 1. The first-order chi connectivity index (χ1) is 10.4. The van der Waals surface area contributed by atoms with Gasteiger partial charge in [0.25, 0.3) is 5.56 Å². The minimum atomic E-state index is -4.76. The number of rotatable bonds is 2. The number of nitrogens with one attached hydrogen (secondary N) is 1. The van der Waals surface area contributed by atoms with Gasteiger partial charge in [-0.05, 0) is 11.6 Å². The van der Waals surface area contributed by atoms with E-state index in [2.05, 4.69) is 10.1 Å². The molecule has 0 aromatic carbocycles. The van der Waals surface area contributed by atoms with Gasteiger partial charge in [-0.15, -0.1) is 0 Å². The zero-order valence-electron chi connectivity index (χ0n) is 11.4. The summed E-state index contributed by atoms with van der Waals surface area (Å²) in [5.41, 5.74) is -1.36. The van der Waals surface area contributed by atoms with E-state index in [1.807, 2.05) is 5.10 Å². The van der Waals surface area contributed by atoms with Gasteiger partial charge >= 0.3 is 6.18 Å². The maximum absolute atomic E-state index is 13.1. The Labute approximate surface area is 122 Å². The van der Waals surface area contributed by atoms with Crippen LogP contribution in [0.5, 0.6) is 5.75 Å². The Kier molecular flexibility index (Phi) is 3.27. The highest BCUT2D eigenvalue weighted by atomic mass is 19.4. The molecular weight excluding hydrogens is 301 g/mol. The molecule has 3 rings (SSSR count). The zero-order chi connectivity index (χ0) is 15.9. The molecule has 0 saturated heterocycles. The quantitative estimate of drug-likeness (QED) is 0.914. The number of nitrogens with zero attached hydrogens (tertiary/aromatic N) is 3. The largest absolute Gasteiger partial charge is 0.495 e. The Morgan fingerprint density at radius 3 is 2.77 bits per heavy atom. The SMILES string of the molecule is COc1cnc2c(c1)CN(c1cn[nH]c(=O)c1C(F)(F)F)C2. The van der Waals surface area contributed by atoms with Crippen LogP contribution in [0, 0.1) is 0 Å². The molecule has 0 radical (unpaired) electrons. The van der Waals surface area contributed by atoms with Crippen molar-refractivity contribution >= 4 is 5.69 Å². The lowest BCUT2D eigenvalue weighted by molar-refractivity contribution is -0.138. The highest BCUT2D eigenvalue weighted by Crippen LogP contribution is 2.36. The highest BCUT2D eigenvalue weighted by Gasteiger charge is 2.39. The van der Waals surface area contributed by atoms with Crippen molar-refractivity contribution in [1.29, 1.82) is 0 Å². The summed E-state index contributed by atoms with van der Waals surface area (Å²) in [6, 6.07) is 1.72. The molecule has 3 heterocycles. The molecule has 6 nitrogen and oxygen atoms in total. The van der Waals surface area contributed by atoms with Crippen LogP contribution in [0.1, 0.15) is 16.8 Å². The van der Waals surface area contributed by atoms with Crippen LogP contribution in [0.2, 0.25) is 0 Å². The number of aromatic nitrogens is 3. The van der Waals surface area contributed by atoms with E-state index in [0.717, 1.165) is 11.8 Å². The number of methoxy groups -OCH3 is 1. The Morgan fingerprint density at radius 2 is 2.09 bits per heavy atom. The second-order valence-corrected chi connectivity index (χ2v) is 4.79. The molecule has 0 saturated carbocycles. The fourth-order valence-electron chi connectivity index (χ4n) is 2.42. The molecule has 0 amide bonds. The van der Waals surface area contributed by atoms with Gasteiger partial charge in [0.15, 0.2) is 0 Å². The van der Waals surface area contributed by atoms with E-state index in [0.29, 0.717) is 11.4 Å². The molecule has 2 aromatic heterocycles. The maximum Gasteiger partial charge on any atom is 0.423 e. The van der Waals surface area contributed by atoms with E-state index in [1.165, 1.54) is 18.2 Å². The number of fused-ring (bicyclic) bond motifs is 1. The first kappa shape index (κ1) is 14.4. The fourth-order valence-corrected chi connectivity index (χ4v) is 2.42. The van der Waals surface area contributed by atoms with Crippen LogP contribution in [-0.2, 0) is 19.3 Å². The fraction of sp³-hybridized carbons (Fsp3) is 0.308. The van der Waals surface area contributed by atoms with Gasteiger partial charge in [-0.3, -0.25) is 9.78 Å². The number of anilines is 1. The number of hydrogen-bond acceptors (Lipinski definition) is 5. The monoisotopic (exact) mass is 312 g/mol. The van der Waals surface area contributed by atoms with Gasteiger partial charge in [-0.2, -0.15) is 18.3 Å². The number of aromatic amines is 1. The molecule has 22 heavy (non-hydrogen) atoms. The van der Waals surface area contributed by atoms with Crippen LogP contribution in [0.4, 0.5) is 18.9 Å². The molecule has 0 atom stereocenters. The summed E-state index contributed by atoms with van der Waals surface area (Å²) in [7, 11) is 1.48. The molecule has 2 aromatic rings. The van der Waals surface area contributed by atoms with Crippen LogP contribution in [-0.4, -0.2) is 22.3 Å². The minimum Gasteiger partial charge on any atom is -0.495 e. The number of halogens is 3. The van der Waals surface area contributed by atoms with Crippen LogP contribution >= 0.6 is 0 Å². The second kappa shape index (κ2) is 5.00. The molecule has 0 spiro atoms. The Bertz CT molecular complexity index is 773. The second-order valence-electron chi connectivity index (χ2n) is 4.79. The summed E-state index contributed by atoms with van der Waals surface area (Å²) in [4.78, 5) is 17.1. The third kappa shape index (κ3) is 2.38. The van der Waals surface area contributed by atoms with Gasteiger partial charge in [-0.1, -0.05) is 0 Å². The standard InChI is InChI=1S/C13H11F3N4O2/c1-22-8-2-7-5-20(6-9(7)17-3-8)10-4-18-19-12(21)11(10)13(14,15)16/h2-4H,5-6H2,1H3,(H,19,21). The lowest BCUT2D eigenvalue weighted by atomic mass is 10.2. The number of pyridine rings is 1. The molecule has 1 N–H and O–H groups in total. The average molecular weight is 312 g/mol. The average Bonchev–Trinajstić information content (AvgIpc) is 2.88. The van der Waals surface area contributed by atoms with Crippen molar-refractivity contribution in [1.82, 2.24) is 15.2 Å². The predicted octanol–water partition coefficient (Wildman–Crippen LogP) is 1.71. The lowest BCUT2D eigenvalue weighted by Gasteiger charge is -2.20. The Morgan fingerprint density at radius 1 is 1.32 bits per heavy atom. The van der Waals surface area contributed by atoms with E-state index in [9.17, 15) is 18.0 Å². The van der Waals surface area contributed by atoms with Crippen molar-refractivity contribution in [2.75, 3.05) is 12.0 Å². The molecule has 1 aliphatic rings. The molecule has 1 aliphatic heterocycles. The molecule has 9 heteroatoms. The highest BCUT2D eigenvalue weighted by molar-refractivity contribution is 5.55. The van der Waals surface area contributed by atoms with Gasteiger partial charge < -0.3 is 9.64 Å². The number of alkyl halides is 3. The van der Waals surface area contributed by atoms with Crippen LogP contribution in [0.3, 0.4) is 0 Å². The Balaban J connectivity index is 2.01. The van der Waals surface area contributed by atoms with Crippen LogP contribution < -0.4 is 15.2 Å². The van der Waals surface area contributed by atoms with Crippen LogP contribution in [0.25, 0.3) is 0 Å². The summed E-state index contributed by atoms with van der Waals surface area (Å²) >= 11 is 0. The topological polar surface area (TPSA) is 71.1 Å². The molecule has 0 fully saturated rings. The molecular formula is C13H11F3N4O2. The Hall–Kier alpha value is -2.58.